The highest BCUT2D eigenvalue weighted by atomic mass is 35.5. The number of furan rings is 1. The lowest BCUT2D eigenvalue weighted by molar-refractivity contribution is 0.0927. The Hall–Kier alpha value is -2.23. The molecule has 1 amide bonds. The van der Waals surface area contributed by atoms with Crippen LogP contribution in [-0.2, 0) is 6.42 Å². The van der Waals surface area contributed by atoms with E-state index in [2.05, 4.69) is 5.32 Å². The topological polar surface area (TPSA) is 42.2 Å². The van der Waals surface area contributed by atoms with Gasteiger partial charge in [0.05, 0.1) is 0 Å². The molecule has 0 spiro atoms. The third kappa shape index (κ3) is 3.99. The van der Waals surface area contributed by atoms with E-state index >= 15 is 0 Å². The molecule has 0 unspecified atom stereocenters. The van der Waals surface area contributed by atoms with E-state index in [1.54, 1.807) is 24.3 Å². The van der Waals surface area contributed by atoms with Gasteiger partial charge in [-0.15, -0.1) is 0 Å². The molecule has 0 bridgehead atoms. The second kappa shape index (κ2) is 7.56. The molecule has 1 aromatic heterocycles. The Bertz CT molecular complexity index is 841. The van der Waals surface area contributed by atoms with Crippen molar-refractivity contribution in [3.8, 4) is 11.3 Å². The lowest BCUT2D eigenvalue weighted by Gasteiger charge is -2.05. The summed E-state index contributed by atoms with van der Waals surface area (Å²) in [6.45, 7) is 0.486. The number of benzene rings is 2. The molecule has 0 radical (unpaired) electrons. The highest BCUT2D eigenvalue weighted by Crippen LogP contribution is 2.23. The van der Waals surface area contributed by atoms with Crippen LogP contribution in [0.25, 0.3) is 11.3 Å². The minimum atomic E-state index is -0.248. The van der Waals surface area contributed by atoms with Crippen molar-refractivity contribution in [1.82, 2.24) is 5.32 Å². The summed E-state index contributed by atoms with van der Waals surface area (Å²) in [6.07, 6.45) is 0.663. The van der Waals surface area contributed by atoms with E-state index < -0.39 is 0 Å². The number of carbonyl (C=O) groups excluding carboxylic acids is 1. The quantitative estimate of drug-likeness (QED) is 0.677. The van der Waals surface area contributed by atoms with Gasteiger partial charge in [-0.05, 0) is 54.4 Å². The Balaban J connectivity index is 1.60. The van der Waals surface area contributed by atoms with Gasteiger partial charge in [0.1, 0.15) is 5.76 Å². The number of rotatable bonds is 5. The molecular formula is C19H15Cl2NO2. The van der Waals surface area contributed by atoms with Crippen LogP contribution in [0, 0.1) is 0 Å². The molecule has 0 aliphatic heterocycles. The van der Waals surface area contributed by atoms with Crippen molar-refractivity contribution in [3.05, 3.63) is 82.0 Å². The number of halogens is 2. The van der Waals surface area contributed by atoms with Crippen LogP contribution in [0.15, 0.2) is 65.1 Å². The van der Waals surface area contributed by atoms with E-state index in [1.165, 1.54) is 0 Å². The zero-order chi connectivity index (χ0) is 16.9. The highest BCUT2D eigenvalue weighted by Gasteiger charge is 2.12. The first kappa shape index (κ1) is 16.6. The molecule has 0 aliphatic rings. The van der Waals surface area contributed by atoms with Gasteiger partial charge >= 0.3 is 0 Å². The van der Waals surface area contributed by atoms with Crippen LogP contribution >= 0.6 is 23.2 Å². The summed E-state index contributed by atoms with van der Waals surface area (Å²) in [7, 11) is 0. The van der Waals surface area contributed by atoms with Gasteiger partial charge in [-0.1, -0.05) is 41.4 Å². The smallest absolute Gasteiger partial charge is 0.287 e. The molecule has 1 N–H and O–H groups in total. The van der Waals surface area contributed by atoms with Gasteiger partial charge in [-0.2, -0.15) is 0 Å². The Kier molecular flexibility index (Phi) is 5.24. The van der Waals surface area contributed by atoms with Crippen molar-refractivity contribution in [3.63, 3.8) is 0 Å². The number of amides is 1. The molecule has 0 saturated carbocycles. The van der Waals surface area contributed by atoms with Crippen LogP contribution in [0.2, 0.25) is 10.0 Å². The maximum absolute atomic E-state index is 12.2. The summed E-state index contributed by atoms with van der Waals surface area (Å²) in [5.74, 6) is 0.657. The molecule has 0 fully saturated rings. The van der Waals surface area contributed by atoms with Crippen molar-refractivity contribution in [1.29, 1.82) is 0 Å². The number of nitrogens with one attached hydrogen (secondary N) is 1. The molecule has 5 heteroatoms. The third-order valence-corrected chi connectivity index (χ3v) is 4.22. The largest absolute Gasteiger partial charge is 0.451 e. The Morgan fingerprint density at radius 1 is 0.958 bits per heavy atom. The summed E-state index contributed by atoms with van der Waals surface area (Å²) in [6, 6.07) is 18.3. The Labute approximate surface area is 150 Å². The van der Waals surface area contributed by atoms with Crippen molar-refractivity contribution in [2.24, 2.45) is 0 Å². The molecular weight excluding hydrogens is 345 g/mol. The first-order valence-corrected chi connectivity index (χ1v) is 8.26. The van der Waals surface area contributed by atoms with Gasteiger partial charge in [-0.3, -0.25) is 4.79 Å². The molecule has 2 aromatic carbocycles. The van der Waals surface area contributed by atoms with E-state index in [-0.39, 0.29) is 11.7 Å². The number of carbonyl (C=O) groups is 1. The molecule has 3 aromatic rings. The zero-order valence-electron chi connectivity index (χ0n) is 12.8. The minimum Gasteiger partial charge on any atom is -0.451 e. The average Bonchev–Trinajstić information content (AvgIpc) is 3.07. The fraction of sp³-hybridized carbons (Fsp3) is 0.105. The lowest BCUT2D eigenvalue weighted by atomic mass is 10.1. The first-order valence-electron chi connectivity index (χ1n) is 7.51. The predicted octanol–water partition coefficient (Wildman–Crippen LogP) is 5.23. The zero-order valence-corrected chi connectivity index (χ0v) is 14.3. The van der Waals surface area contributed by atoms with Crippen LogP contribution < -0.4 is 5.32 Å². The van der Waals surface area contributed by atoms with E-state index in [9.17, 15) is 4.79 Å². The number of hydrogen-bond acceptors (Lipinski definition) is 2. The lowest BCUT2D eigenvalue weighted by Crippen LogP contribution is -2.25. The maximum Gasteiger partial charge on any atom is 0.287 e. The Morgan fingerprint density at radius 3 is 2.46 bits per heavy atom. The fourth-order valence-corrected chi connectivity index (χ4v) is 2.68. The van der Waals surface area contributed by atoms with E-state index in [0.29, 0.717) is 28.8 Å². The predicted molar refractivity (Wildman–Crippen MR) is 96.6 cm³/mol. The van der Waals surface area contributed by atoms with E-state index in [4.69, 9.17) is 27.6 Å². The molecule has 24 heavy (non-hydrogen) atoms. The SMILES string of the molecule is O=C(NCCc1ccccc1Cl)c1ccc(-c2ccc(Cl)cc2)o1. The molecule has 0 atom stereocenters. The minimum absolute atomic E-state index is 0.248. The van der Waals surface area contributed by atoms with Crippen LogP contribution in [-0.4, -0.2) is 12.5 Å². The van der Waals surface area contributed by atoms with Gasteiger partial charge in [-0.25, -0.2) is 0 Å². The van der Waals surface area contributed by atoms with Crippen molar-refractivity contribution in [2.45, 2.75) is 6.42 Å². The highest BCUT2D eigenvalue weighted by molar-refractivity contribution is 6.31. The summed E-state index contributed by atoms with van der Waals surface area (Å²) in [5.41, 5.74) is 1.87. The van der Waals surface area contributed by atoms with Crippen LogP contribution in [0.4, 0.5) is 0 Å². The second-order valence-electron chi connectivity index (χ2n) is 5.27. The molecule has 3 rings (SSSR count). The molecule has 0 saturated heterocycles. The summed E-state index contributed by atoms with van der Waals surface area (Å²) < 4.78 is 5.62. The van der Waals surface area contributed by atoms with Gasteiger partial charge in [0, 0.05) is 22.2 Å². The van der Waals surface area contributed by atoms with Gasteiger partial charge in [0.2, 0.25) is 0 Å². The third-order valence-electron chi connectivity index (χ3n) is 3.60. The van der Waals surface area contributed by atoms with Crippen LogP contribution in [0.3, 0.4) is 0 Å². The molecule has 122 valence electrons. The van der Waals surface area contributed by atoms with Gasteiger partial charge in [0.15, 0.2) is 5.76 Å². The molecule has 3 nitrogen and oxygen atoms in total. The molecule has 0 aliphatic carbocycles. The van der Waals surface area contributed by atoms with Crippen LogP contribution in [0.5, 0.6) is 0 Å². The number of hydrogen-bond donors (Lipinski definition) is 1. The summed E-state index contributed by atoms with van der Waals surface area (Å²) in [4.78, 5) is 12.2. The standard InChI is InChI=1S/C19H15Cl2NO2/c20-15-7-5-14(6-8-15)17-9-10-18(24-17)19(23)22-12-11-13-3-1-2-4-16(13)21/h1-10H,11-12H2,(H,22,23). The maximum atomic E-state index is 12.2. The normalized spacial score (nSPS) is 10.6. The van der Waals surface area contributed by atoms with Crippen molar-refractivity contribution in [2.75, 3.05) is 6.54 Å². The summed E-state index contributed by atoms with van der Waals surface area (Å²) in [5, 5.41) is 4.20. The van der Waals surface area contributed by atoms with Gasteiger partial charge < -0.3 is 9.73 Å². The second-order valence-corrected chi connectivity index (χ2v) is 6.11. The van der Waals surface area contributed by atoms with Crippen LogP contribution in [0.1, 0.15) is 16.1 Å². The van der Waals surface area contributed by atoms with Gasteiger partial charge in [0.25, 0.3) is 5.91 Å². The summed E-state index contributed by atoms with van der Waals surface area (Å²) >= 11 is 12.0. The van der Waals surface area contributed by atoms with Crippen molar-refractivity contribution >= 4 is 29.1 Å². The molecule has 1 heterocycles. The Morgan fingerprint density at radius 2 is 1.71 bits per heavy atom. The van der Waals surface area contributed by atoms with E-state index in [1.807, 2.05) is 36.4 Å². The van der Waals surface area contributed by atoms with Crippen molar-refractivity contribution < 1.29 is 9.21 Å². The fourth-order valence-electron chi connectivity index (χ4n) is 2.33. The monoisotopic (exact) mass is 359 g/mol. The first-order chi connectivity index (χ1) is 11.6. The average molecular weight is 360 g/mol. The van der Waals surface area contributed by atoms with E-state index in [0.717, 1.165) is 11.1 Å².